The Morgan fingerprint density at radius 2 is 2.04 bits per heavy atom. The molecule has 1 aromatic carbocycles. The van der Waals surface area contributed by atoms with E-state index in [0.29, 0.717) is 19.5 Å². The van der Waals surface area contributed by atoms with Crippen LogP contribution in [0.1, 0.15) is 43.7 Å². The molecule has 0 radical (unpaired) electrons. The van der Waals surface area contributed by atoms with Gasteiger partial charge in [0.2, 0.25) is 5.91 Å². The van der Waals surface area contributed by atoms with Gasteiger partial charge >= 0.3 is 0 Å². The van der Waals surface area contributed by atoms with Crippen molar-refractivity contribution in [2.75, 3.05) is 33.3 Å². The summed E-state index contributed by atoms with van der Waals surface area (Å²) in [7, 11) is 1.70. The van der Waals surface area contributed by atoms with E-state index >= 15 is 0 Å². The number of hydrogen-bond donors (Lipinski definition) is 2. The van der Waals surface area contributed by atoms with Crippen molar-refractivity contribution in [2.24, 2.45) is 5.73 Å². The van der Waals surface area contributed by atoms with Crippen molar-refractivity contribution in [3.05, 3.63) is 29.8 Å². The van der Waals surface area contributed by atoms with E-state index < -0.39 is 0 Å². The summed E-state index contributed by atoms with van der Waals surface area (Å²) in [6, 6.07) is 8.26. The summed E-state index contributed by atoms with van der Waals surface area (Å²) >= 11 is 0. The Kier molecular flexibility index (Phi) is 7.36. The SMILES string of the molecule is COc1ccccc1C(CNC(=O)CCCN)N1CCCCC1. The van der Waals surface area contributed by atoms with Crippen LogP contribution in [0.4, 0.5) is 0 Å². The van der Waals surface area contributed by atoms with E-state index in [1.807, 2.05) is 18.2 Å². The largest absolute Gasteiger partial charge is 0.496 e. The number of amides is 1. The molecule has 1 unspecified atom stereocenters. The van der Waals surface area contributed by atoms with Crippen LogP contribution in [-0.4, -0.2) is 44.1 Å². The molecular weight excluding hydrogens is 290 g/mol. The maximum absolute atomic E-state index is 12.0. The Labute approximate surface area is 139 Å². The van der Waals surface area contributed by atoms with E-state index in [1.165, 1.54) is 19.3 Å². The zero-order chi connectivity index (χ0) is 16.5. The highest BCUT2D eigenvalue weighted by Gasteiger charge is 2.25. The average Bonchev–Trinajstić information content (AvgIpc) is 2.61. The first-order valence-corrected chi connectivity index (χ1v) is 8.60. The molecule has 0 aromatic heterocycles. The van der Waals surface area contributed by atoms with E-state index in [-0.39, 0.29) is 11.9 Å². The summed E-state index contributed by atoms with van der Waals surface area (Å²) < 4.78 is 5.53. The first kappa shape index (κ1) is 17.8. The molecule has 1 saturated heterocycles. The number of nitrogens with zero attached hydrogens (tertiary/aromatic N) is 1. The smallest absolute Gasteiger partial charge is 0.220 e. The molecule has 5 nitrogen and oxygen atoms in total. The molecule has 1 atom stereocenters. The van der Waals surface area contributed by atoms with Gasteiger partial charge < -0.3 is 15.8 Å². The van der Waals surface area contributed by atoms with Crippen molar-refractivity contribution in [2.45, 2.75) is 38.1 Å². The summed E-state index contributed by atoms with van der Waals surface area (Å²) in [4.78, 5) is 14.4. The van der Waals surface area contributed by atoms with Gasteiger partial charge in [0.15, 0.2) is 0 Å². The van der Waals surface area contributed by atoms with Crippen molar-refractivity contribution in [3.63, 3.8) is 0 Å². The summed E-state index contributed by atoms with van der Waals surface area (Å²) in [5.41, 5.74) is 6.62. The fraction of sp³-hybridized carbons (Fsp3) is 0.611. The Balaban J connectivity index is 2.09. The van der Waals surface area contributed by atoms with E-state index in [9.17, 15) is 4.79 Å². The molecular formula is C18H29N3O2. The molecule has 1 aliphatic rings. The number of piperidine rings is 1. The number of hydrogen-bond acceptors (Lipinski definition) is 4. The van der Waals surface area contributed by atoms with E-state index in [2.05, 4.69) is 16.3 Å². The molecule has 5 heteroatoms. The zero-order valence-corrected chi connectivity index (χ0v) is 14.1. The molecule has 0 saturated carbocycles. The summed E-state index contributed by atoms with van der Waals surface area (Å²) in [6.07, 6.45) is 4.95. The minimum absolute atomic E-state index is 0.0763. The third-order valence-corrected chi connectivity index (χ3v) is 4.43. The lowest BCUT2D eigenvalue weighted by atomic mass is 10.0. The normalized spacial score (nSPS) is 16.8. The van der Waals surface area contributed by atoms with Crippen LogP contribution in [0.2, 0.25) is 0 Å². The lowest BCUT2D eigenvalue weighted by Crippen LogP contribution is -2.40. The van der Waals surface area contributed by atoms with Crippen LogP contribution in [0.3, 0.4) is 0 Å². The van der Waals surface area contributed by atoms with Gasteiger partial charge in [-0.1, -0.05) is 24.6 Å². The second kappa shape index (κ2) is 9.53. The molecule has 0 aliphatic carbocycles. The molecule has 0 bridgehead atoms. The van der Waals surface area contributed by atoms with Gasteiger partial charge in [-0.2, -0.15) is 0 Å². The quantitative estimate of drug-likeness (QED) is 0.770. The molecule has 0 spiro atoms. The number of ether oxygens (including phenoxy) is 1. The van der Waals surface area contributed by atoms with Gasteiger partial charge in [-0.15, -0.1) is 0 Å². The van der Waals surface area contributed by atoms with Gasteiger partial charge in [0.1, 0.15) is 5.75 Å². The second-order valence-corrected chi connectivity index (χ2v) is 6.05. The van der Waals surface area contributed by atoms with Gasteiger partial charge in [0.25, 0.3) is 0 Å². The number of likely N-dealkylation sites (tertiary alicyclic amines) is 1. The van der Waals surface area contributed by atoms with Gasteiger partial charge in [0, 0.05) is 18.5 Å². The van der Waals surface area contributed by atoms with Crippen molar-refractivity contribution in [1.82, 2.24) is 10.2 Å². The molecule has 1 heterocycles. The standard InChI is InChI=1S/C18H29N3O2/c1-23-17-9-4-3-8-15(17)16(21-12-5-2-6-13-21)14-20-18(22)10-7-11-19/h3-4,8-9,16H,2,5-7,10-14,19H2,1H3,(H,20,22). The van der Waals surface area contributed by atoms with Crippen LogP contribution in [0.15, 0.2) is 24.3 Å². The van der Waals surface area contributed by atoms with E-state index in [4.69, 9.17) is 10.5 Å². The fourth-order valence-corrected chi connectivity index (χ4v) is 3.17. The van der Waals surface area contributed by atoms with Gasteiger partial charge in [-0.05, 0) is 45.0 Å². The average molecular weight is 319 g/mol. The summed E-state index contributed by atoms with van der Waals surface area (Å²) in [6.45, 7) is 3.31. The summed E-state index contributed by atoms with van der Waals surface area (Å²) in [5.74, 6) is 0.964. The van der Waals surface area contributed by atoms with E-state index in [1.54, 1.807) is 7.11 Å². The first-order valence-electron chi connectivity index (χ1n) is 8.60. The van der Waals surface area contributed by atoms with Crippen molar-refractivity contribution >= 4 is 5.91 Å². The fourth-order valence-electron chi connectivity index (χ4n) is 3.17. The maximum Gasteiger partial charge on any atom is 0.220 e. The highest BCUT2D eigenvalue weighted by molar-refractivity contribution is 5.75. The molecule has 1 aliphatic heterocycles. The minimum atomic E-state index is 0.0763. The maximum atomic E-state index is 12.0. The van der Waals surface area contributed by atoms with Gasteiger partial charge in [-0.3, -0.25) is 9.69 Å². The zero-order valence-electron chi connectivity index (χ0n) is 14.1. The molecule has 2 rings (SSSR count). The number of carbonyl (C=O) groups is 1. The Hall–Kier alpha value is -1.59. The number of methoxy groups -OCH3 is 1. The molecule has 1 fully saturated rings. The topological polar surface area (TPSA) is 67.6 Å². The van der Waals surface area contributed by atoms with Crippen LogP contribution in [0, 0.1) is 0 Å². The molecule has 23 heavy (non-hydrogen) atoms. The summed E-state index contributed by atoms with van der Waals surface area (Å²) in [5, 5.41) is 3.07. The second-order valence-electron chi connectivity index (χ2n) is 6.05. The van der Waals surface area contributed by atoms with Crippen LogP contribution in [0.5, 0.6) is 5.75 Å². The predicted molar refractivity (Wildman–Crippen MR) is 92.5 cm³/mol. The Bertz CT molecular complexity index is 487. The highest BCUT2D eigenvalue weighted by atomic mass is 16.5. The molecule has 1 aromatic rings. The number of rotatable bonds is 8. The molecule has 3 N–H and O–H groups in total. The van der Waals surface area contributed by atoms with Gasteiger partial charge in [0.05, 0.1) is 13.2 Å². The third kappa shape index (κ3) is 5.22. The third-order valence-electron chi connectivity index (χ3n) is 4.43. The monoisotopic (exact) mass is 319 g/mol. The minimum Gasteiger partial charge on any atom is -0.496 e. The molecule has 128 valence electrons. The van der Waals surface area contributed by atoms with Gasteiger partial charge in [-0.25, -0.2) is 0 Å². The van der Waals surface area contributed by atoms with Crippen LogP contribution in [-0.2, 0) is 4.79 Å². The number of carbonyl (C=O) groups excluding carboxylic acids is 1. The van der Waals surface area contributed by atoms with Crippen molar-refractivity contribution < 1.29 is 9.53 Å². The molecule has 1 amide bonds. The van der Waals surface area contributed by atoms with Crippen molar-refractivity contribution in [1.29, 1.82) is 0 Å². The van der Waals surface area contributed by atoms with Crippen LogP contribution in [0.25, 0.3) is 0 Å². The lowest BCUT2D eigenvalue weighted by molar-refractivity contribution is -0.121. The van der Waals surface area contributed by atoms with E-state index in [0.717, 1.165) is 30.8 Å². The highest BCUT2D eigenvalue weighted by Crippen LogP contribution is 2.30. The van der Waals surface area contributed by atoms with Crippen LogP contribution < -0.4 is 15.8 Å². The number of benzene rings is 1. The van der Waals surface area contributed by atoms with Crippen LogP contribution >= 0.6 is 0 Å². The number of nitrogens with two attached hydrogens (primary N) is 1. The van der Waals surface area contributed by atoms with Crippen molar-refractivity contribution in [3.8, 4) is 5.75 Å². The Morgan fingerprint density at radius 1 is 1.30 bits per heavy atom. The predicted octanol–water partition coefficient (Wildman–Crippen LogP) is 2.08. The lowest BCUT2D eigenvalue weighted by Gasteiger charge is -2.35. The number of para-hydroxylation sites is 1. The number of nitrogens with one attached hydrogen (secondary N) is 1. The first-order chi connectivity index (χ1) is 11.3. The Morgan fingerprint density at radius 3 is 2.74 bits per heavy atom.